The van der Waals surface area contributed by atoms with Gasteiger partial charge in [-0.2, -0.15) is 0 Å². The Hall–Kier alpha value is -0.300. The van der Waals surface area contributed by atoms with E-state index in [1.807, 2.05) is 13.0 Å². The molecule has 0 saturated heterocycles. The zero-order valence-corrected chi connectivity index (χ0v) is 8.60. The van der Waals surface area contributed by atoms with Crippen LogP contribution in [0.4, 0.5) is 0 Å². The van der Waals surface area contributed by atoms with Crippen LogP contribution in [0.25, 0.3) is 0 Å². The fraction of sp³-hybridized carbons (Fsp3) is 0.700. The molecule has 1 nitrogen and oxygen atoms in total. The van der Waals surface area contributed by atoms with Crippen molar-refractivity contribution in [1.82, 2.24) is 0 Å². The quantitative estimate of drug-likeness (QED) is 0.583. The molecule has 0 aromatic rings. The fourth-order valence-corrected chi connectivity index (χ4v) is 1.11. The monoisotopic (exact) mass is 188 g/mol. The molecule has 0 radical (unpaired) electrons. The van der Waals surface area contributed by atoms with Crippen LogP contribution in [0.15, 0.2) is 11.1 Å². The van der Waals surface area contributed by atoms with Crippen molar-refractivity contribution in [2.45, 2.75) is 39.5 Å². The summed E-state index contributed by atoms with van der Waals surface area (Å²) < 4.78 is 0. The van der Waals surface area contributed by atoms with Crippen molar-refractivity contribution in [3.05, 3.63) is 11.1 Å². The number of rotatable bonds is 6. The Labute approximate surface area is 79.8 Å². The first-order valence-corrected chi connectivity index (χ1v) is 4.86. The lowest BCUT2D eigenvalue weighted by atomic mass is 10.0. The molecule has 0 spiro atoms. The van der Waals surface area contributed by atoms with E-state index in [1.165, 1.54) is 0 Å². The second kappa shape index (κ2) is 7.35. The number of unbranched alkanes of at least 4 members (excludes halogenated alkanes) is 1. The third-order valence-corrected chi connectivity index (χ3v) is 1.98. The van der Waals surface area contributed by atoms with Gasteiger partial charge in [-0.1, -0.05) is 37.4 Å². The molecule has 0 aliphatic carbocycles. The lowest BCUT2D eigenvalue weighted by Crippen LogP contribution is -2.00. The standard InChI is InChI=1S/C10H17ClO/c1-3-4-5-10(8-12)7-6-9(2)11/h6,8,10H,3-5,7H2,1-2H3. The normalized spacial score (nSPS) is 14.4. The first-order valence-electron chi connectivity index (χ1n) is 4.48. The highest BCUT2D eigenvalue weighted by atomic mass is 35.5. The predicted octanol–water partition coefficient (Wildman–Crippen LogP) is 3.52. The Morgan fingerprint density at radius 2 is 2.25 bits per heavy atom. The third kappa shape index (κ3) is 6.41. The molecule has 0 rings (SSSR count). The lowest BCUT2D eigenvalue weighted by Gasteiger charge is -2.05. The van der Waals surface area contributed by atoms with Gasteiger partial charge in [0.2, 0.25) is 0 Å². The average molecular weight is 189 g/mol. The van der Waals surface area contributed by atoms with E-state index in [1.54, 1.807) is 0 Å². The van der Waals surface area contributed by atoms with Gasteiger partial charge in [0.15, 0.2) is 0 Å². The summed E-state index contributed by atoms with van der Waals surface area (Å²) in [5, 5.41) is 0.776. The van der Waals surface area contributed by atoms with Gasteiger partial charge < -0.3 is 4.79 Å². The molecule has 12 heavy (non-hydrogen) atoms. The highest BCUT2D eigenvalue weighted by molar-refractivity contribution is 6.29. The summed E-state index contributed by atoms with van der Waals surface area (Å²) in [6.45, 7) is 3.97. The van der Waals surface area contributed by atoms with Crippen molar-refractivity contribution >= 4 is 17.9 Å². The molecule has 0 saturated carbocycles. The van der Waals surface area contributed by atoms with E-state index in [9.17, 15) is 4.79 Å². The molecule has 0 amide bonds. The van der Waals surface area contributed by atoms with Gasteiger partial charge in [-0.3, -0.25) is 0 Å². The molecule has 0 fully saturated rings. The lowest BCUT2D eigenvalue weighted by molar-refractivity contribution is -0.111. The minimum absolute atomic E-state index is 0.165. The van der Waals surface area contributed by atoms with Crippen LogP contribution < -0.4 is 0 Å². The van der Waals surface area contributed by atoms with E-state index in [4.69, 9.17) is 11.6 Å². The van der Waals surface area contributed by atoms with Gasteiger partial charge in [-0.15, -0.1) is 0 Å². The molecule has 1 atom stereocenters. The van der Waals surface area contributed by atoms with Crippen molar-refractivity contribution in [2.24, 2.45) is 5.92 Å². The summed E-state index contributed by atoms with van der Waals surface area (Å²) in [6, 6.07) is 0. The van der Waals surface area contributed by atoms with Gasteiger partial charge in [0.25, 0.3) is 0 Å². The number of aldehydes is 1. The van der Waals surface area contributed by atoms with Crippen molar-refractivity contribution < 1.29 is 4.79 Å². The summed E-state index contributed by atoms with van der Waals surface area (Å²) in [5.74, 6) is 0.165. The zero-order chi connectivity index (χ0) is 9.40. The maximum Gasteiger partial charge on any atom is 0.123 e. The molecule has 0 bridgehead atoms. The van der Waals surface area contributed by atoms with Crippen LogP contribution in [-0.4, -0.2) is 6.29 Å². The fourth-order valence-electron chi connectivity index (χ4n) is 1.02. The Morgan fingerprint density at radius 3 is 2.67 bits per heavy atom. The topological polar surface area (TPSA) is 17.1 Å². The van der Waals surface area contributed by atoms with Crippen LogP contribution in [0, 0.1) is 5.92 Å². The van der Waals surface area contributed by atoms with Gasteiger partial charge in [-0.25, -0.2) is 0 Å². The third-order valence-electron chi connectivity index (χ3n) is 1.82. The van der Waals surface area contributed by atoms with Crippen LogP contribution in [-0.2, 0) is 4.79 Å². The summed E-state index contributed by atoms with van der Waals surface area (Å²) in [4.78, 5) is 10.6. The van der Waals surface area contributed by atoms with E-state index in [-0.39, 0.29) is 5.92 Å². The van der Waals surface area contributed by atoms with Gasteiger partial charge in [-0.05, 0) is 19.8 Å². The number of carbonyl (C=O) groups excluding carboxylic acids is 1. The number of halogens is 1. The molecule has 0 aliphatic heterocycles. The maximum absolute atomic E-state index is 10.6. The molecule has 0 N–H and O–H groups in total. The summed E-state index contributed by atoms with van der Waals surface area (Å²) in [7, 11) is 0. The molecule has 2 heteroatoms. The number of carbonyl (C=O) groups is 1. The van der Waals surface area contributed by atoms with Crippen LogP contribution in [0.3, 0.4) is 0 Å². The van der Waals surface area contributed by atoms with Crippen LogP contribution in [0.2, 0.25) is 0 Å². The molecule has 0 aromatic heterocycles. The van der Waals surface area contributed by atoms with Gasteiger partial charge in [0, 0.05) is 11.0 Å². The summed E-state index contributed by atoms with van der Waals surface area (Å²) in [6.07, 6.45) is 6.99. The number of hydrogen-bond acceptors (Lipinski definition) is 1. The maximum atomic E-state index is 10.6. The smallest absolute Gasteiger partial charge is 0.123 e. The van der Waals surface area contributed by atoms with Gasteiger partial charge in [0.05, 0.1) is 0 Å². The second-order valence-corrected chi connectivity index (χ2v) is 3.66. The van der Waals surface area contributed by atoms with Crippen molar-refractivity contribution in [2.75, 3.05) is 0 Å². The largest absolute Gasteiger partial charge is 0.303 e. The van der Waals surface area contributed by atoms with E-state index in [0.29, 0.717) is 0 Å². The molecule has 1 unspecified atom stereocenters. The molecule has 0 heterocycles. The predicted molar refractivity (Wildman–Crippen MR) is 53.3 cm³/mol. The first-order chi connectivity index (χ1) is 5.70. The molecule has 0 aromatic carbocycles. The van der Waals surface area contributed by atoms with Crippen LogP contribution in [0.5, 0.6) is 0 Å². The zero-order valence-electron chi connectivity index (χ0n) is 7.85. The average Bonchev–Trinajstić information content (AvgIpc) is 2.05. The van der Waals surface area contributed by atoms with E-state index >= 15 is 0 Å². The highest BCUT2D eigenvalue weighted by Gasteiger charge is 2.03. The SMILES string of the molecule is CCCCC(C=O)CC=C(C)Cl. The van der Waals surface area contributed by atoms with E-state index in [2.05, 4.69) is 6.92 Å². The Morgan fingerprint density at radius 1 is 1.58 bits per heavy atom. The van der Waals surface area contributed by atoms with Crippen LogP contribution in [0.1, 0.15) is 39.5 Å². The van der Waals surface area contributed by atoms with E-state index in [0.717, 1.165) is 37.0 Å². The van der Waals surface area contributed by atoms with Crippen LogP contribution >= 0.6 is 11.6 Å². The second-order valence-electron chi connectivity index (χ2n) is 3.06. The first kappa shape index (κ1) is 11.7. The Balaban J connectivity index is 3.67. The molecular weight excluding hydrogens is 172 g/mol. The van der Waals surface area contributed by atoms with Gasteiger partial charge in [0.1, 0.15) is 6.29 Å². The molecule has 70 valence electrons. The summed E-state index contributed by atoms with van der Waals surface area (Å²) >= 11 is 5.66. The highest BCUT2D eigenvalue weighted by Crippen LogP contribution is 2.13. The summed E-state index contributed by atoms with van der Waals surface area (Å²) in [5.41, 5.74) is 0. The minimum Gasteiger partial charge on any atom is -0.303 e. The Bertz CT molecular complexity index is 148. The van der Waals surface area contributed by atoms with Crippen molar-refractivity contribution in [3.8, 4) is 0 Å². The van der Waals surface area contributed by atoms with Crippen molar-refractivity contribution in [3.63, 3.8) is 0 Å². The van der Waals surface area contributed by atoms with Gasteiger partial charge >= 0.3 is 0 Å². The number of allylic oxidation sites excluding steroid dienone is 2. The minimum atomic E-state index is 0.165. The molecular formula is C10H17ClO. The number of hydrogen-bond donors (Lipinski definition) is 0. The molecule has 0 aliphatic rings. The Kier molecular flexibility index (Phi) is 7.17. The van der Waals surface area contributed by atoms with E-state index < -0.39 is 0 Å². The van der Waals surface area contributed by atoms with Crippen molar-refractivity contribution in [1.29, 1.82) is 0 Å².